The maximum Gasteiger partial charge on any atom is 0.420 e. The number of alkyl halides is 3. The number of thiazole rings is 1. The van der Waals surface area contributed by atoms with Crippen LogP contribution in [-0.4, -0.2) is 112 Å². The van der Waals surface area contributed by atoms with Crippen molar-refractivity contribution in [2.75, 3.05) is 49.4 Å². The average Bonchev–Trinajstić information content (AvgIpc) is 3.96. The molecule has 0 bridgehead atoms. The molecular weight excluding hydrogens is 964 g/mol. The average molecular weight is 1020 g/mol. The van der Waals surface area contributed by atoms with E-state index in [2.05, 4.69) is 20.6 Å². The van der Waals surface area contributed by atoms with Gasteiger partial charge >= 0.3 is 6.18 Å². The molecule has 4 aromatic rings. The summed E-state index contributed by atoms with van der Waals surface area (Å²) in [6.45, 7) is 9.84. The number of thiocarbonyl (C=S) groups is 1. The summed E-state index contributed by atoms with van der Waals surface area (Å²) >= 11 is 6.94. The molecule has 4 heterocycles. The number of pyridine rings is 1. The molecule has 0 spiro atoms. The lowest BCUT2D eigenvalue weighted by Crippen LogP contribution is -2.58. The van der Waals surface area contributed by atoms with Crippen LogP contribution in [0, 0.1) is 35.3 Å². The largest absolute Gasteiger partial charge is 0.476 e. The summed E-state index contributed by atoms with van der Waals surface area (Å²) in [5.74, 6) is -5.70. The van der Waals surface area contributed by atoms with Crippen molar-refractivity contribution < 1.29 is 60.4 Å². The third-order valence-electron chi connectivity index (χ3n) is 11.5. The van der Waals surface area contributed by atoms with Gasteiger partial charge in [-0.15, -0.1) is 11.3 Å². The number of β-amino-alcohol motifs (C(OH)–C–C–N with tert-alkyl or cyclic N) is 1. The number of anilines is 2. The molecule has 16 nitrogen and oxygen atoms in total. The molecule has 2 fully saturated rings. The van der Waals surface area contributed by atoms with Crippen LogP contribution in [0.15, 0.2) is 54.2 Å². The first kappa shape index (κ1) is 53.2. The Morgan fingerprint density at radius 3 is 2.37 bits per heavy atom. The van der Waals surface area contributed by atoms with Gasteiger partial charge in [-0.1, -0.05) is 45.0 Å². The molecule has 374 valence electrons. The van der Waals surface area contributed by atoms with E-state index in [-0.39, 0.29) is 58.0 Å². The van der Waals surface area contributed by atoms with Crippen molar-refractivity contribution in [3.05, 3.63) is 88.2 Å². The second-order valence-electron chi connectivity index (χ2n) is 18.0. The summed E-state index contributed by atoms with van der Waals surface area (Å²) in [7, 11) is 0. The molecule has 2 aliphatic rings. The Kier molecular flexibility index (Phi) is 16.6. The molecule has 3 N–H and O–H groups in total. The van der Waals surface area contributed by atoms with E-state index in [4.69, 9.17) is 31.7 Å². The van der Waals surface area contributed by atoms with Crippen LogP contribution < -0.4 is 25.2 Å². The van der Waals surface area contributed by atoms with E-state index in [1.807, 2.05) is 31.2 Å². The molecule has 4 amide bonds. The highest BCUT2D eigenvalue weighted by molar-refractivity contribution is 7.81. The quantitative estimate of drug-likeness (QED) is 0.0578. The third kappa shape index (κ3) is 11.9. The zero-order chi connectivity index (χ0) is 51.3. The summed E-state index contributed by atoms with van der Waals surface area (Å²) in [6, 6.07) is 9.52. The van der Waals surface area contributed by atoms with Gasteiger partial charge in [0.2, 0.25) is 17.7 Å². The zero-order valence-corrected chi connectivity index (χ0v) is 40.6. The van der Waals surface area contributed by atoms with Crippen molar-refractivity contribution in [3.8, 4) is 22.4 Å². The number of likely N-dealkylation sites (tertiary alicyclic amines) is 1. The number of aliphatic hydroxyl groups is 1. The van der Waals surface area contributed by atoms with Gasteiger partial charge in [0.05, 0.1) is 71.2 Å². The van der Waals surface area contributed by atoms with Crippen LogP contribution in [0.2, 0.25) is 0 Å². The second-order valence-corrected chi connectivity index (χ2v) is 19.3. The summed E-state index contributed by atoms with van der Waals surface area (Å²) < 4.78 is 88.2. The number of carbonyl (C=O) groups is 4. The molecule has 0 saturated carbocycles. The van der Waals surface area contributed by atoms with Crippen molar-refractivity contribution >= 4 is 63.7 Å². The van der Waals surface area contributed by atoms with Crippen LogP contribution in [0.4, 0.5) is 33.3 Å². The Morgan fingerprint density at radius 1 is 1.04 bits per heavy atom. The SMILES string of the molecule is Cc1ncsc1-c1ccc(CNC(=O)[C@@H]2C[C@@H](O)CN2C(=O)[C@@H](NC(=O)COCCOCCCOc2ncc(N3C(=S)N(c4ccc(C#N)c(C(F)(F)F)c4F)C(=O)C3(C)C)cc2F)C(C)(C)C)cc1. The van der Waals surface area contributed by atoms with Crippen LogP contribution in [0.3, 0.4) is 0 Å². The Labute approximate surface area is 409 Å². The minimum absolute atomic E-state index is 0.00415. The molecule has 2 aromatic carbocycles. The number of aromatic nitrogens is 2. The van der Waals surface area contributed by atoms with Crippen LogP contribution in [-0.2, 0) is 41.4 Å². The van der Waals surface area contributed by atoms with Crippen LogP contribution in [0.5, 0.6) is 5.88 Å². The number of hydrogen-bond donors (Lipinski definition) is 3. The number of benzene rings is 2. The second kappa shape index (κ2) is 21.8. The first-order chi connectivity index (χ1) is 32.9. The fourth-order valence-corrected chi connectivity index (χ4v) is 9.22. The highest BCUT2D eigenvalue weighted by atomic mass is 32.1. The Hall–Kier alpha value is -6.19. The first-order valence-electron chi connectivity index (χ1n) is 21.9. The van der Waals surface area contributed by atoms with E-state index < -0.39 is 105 Å². The molecular formula is C47H51F5N8O8S2. The van der Waals surface area contributed by atoms with Crippen LogP contribution >= 0.6 is 23.6 Å². The highest BCUT2D eigenvalue weighted by Crippen LogP contribution is 2.42. The number of amides is 4. The molecule has 3 atom stereocenters. The number of nitrogens with one attached hydrogen (secondary N) is 2. The van der Waals surface area contributed by atoms with Gasteiger partial charge in [-0.05, 0) is 61.7 Å². The standard InChI is InChI=1S/C47H51F5N8O8S2/c1-26-38(70-25-56-26)28-10-8-27(9-11-28)21-54-40(63)34-19-31(61)23-58(34)42(64)39(45(2,3)4)57-35(62)24-67-17-16-66-14-7-15-68-41-32(48)18-30(22-55-41)60-44(69)59(43(65)46(60,5)6)33-13-12-29(20-53)36(37(33)49)47(50,51)52/h8-13,18,22,25,31,34,39,61H,7,14-17,19,21,23-24H2,1-6H3,(H,54,63)(H,57,62)/t31-,34+,39-/m1/s1. The molecule has 0 radical (unpaired) electrons. The summed E-state index contributed by atoms with van der Waals surface area (Å²) in [5, 5.41) is 24.8. The molecule has 2 saturated heterocycles. The summed E-state index contributed by atoms with van der Waals surface area (Å²) in [4.78, 5) is 66.1. The number of halogens is 5. The monoisotopic (exact) mass is 1010 g/mol. The fraction of sp³-hybridized carbons (Fsp3) is 0.447. The Bertz CT molecular complexity index is 2650. The van der Waals surface area contributed by atoms with Crippen molar-refractivity contribution in [1.82, 2.24) is 25.5 Å². The van der Waals surface area contributed by atoms with Gasteiger partial charge in [-0.3, -0.25) is 24.1 Å². The van der Waals surface area contributed by atoms with Crippen molar-refractivity contribution in [2.24, 2.45) is 5.41 Å². The Balaban J connectivity index is 0.923. The Morgan fingerprint density at radius 2 is 1.74 bits per heavy atom. The highest BCUT2D eigenvalue weighted by Gasteiger charge is 2.52. The van der Waals surface area contributed by atoms with E-state index in [1.54, 1.807) is 37.6 Å². The number of nitriles is 1. The van der Waals surface area contributed by atoms with Crippen molar-refractivity contribution in [3.63, 3.8) is 0 Å². The van der Waals surface area contributed by atoms with Gasteiger partial charge in [0.1, 0.15) is 29.8 Å². The molecule has 6 rings (SSSR count). The van der Waals surface area contributed by atoms with E-state index >= 15 is 8.78 Å². The maximum atomic E-state index is 15.4. The lowest BCUT2D eigenvalue weighted by molar-refractivity contribution is -0.144. The van der Waals surface area contributed by atoms with E-state index in [1.165, 1.54) is 24.8 Å². The molecule has 2 aliphatic heterocycles. The molecule has 70 heavy (non-hydrogen) atoms. The minimum Gasteiger partial charge on any atom is -0.476 e. The molecule has 23 heteroatoms. The van der Waals surface area contributed by atoms with Crippen molar-refractivity contribution in [2.45, 2.75) is 90.8 Å². The van der Waals surface area contributed by atoms with Gasteiger partial charge in [-0.25, -0.2) is 18.7 Å². The van der Waals surface area contributed by atoms with E-state index in [0.29, 0.717) is 4.90 Å². The number of ether oxygens (including phenoxy) is 3. The predicted octanol–water partition coefficient (Wildman–Crippen LogP) is 6.21. The lowest BCUT2D eigenvalue weighted by atomic mass is 9.85. The smallest absolute Gasteiger partial charge is 0.420 e. The number of carbonyl (C=O) groups excluding carboxylic acids is 4. The number of nitrogens with zero attached hydrogens (tertiary/aromatic N) is 6. The number of rotatable bonds is 18. The lowest BCUT2D eigenvalue weighted by Gasteiger charge is -2.35. The topological polar surface area (TPSA) is 200 Å². The normalized spacial score (nSPS) is 17.4. The maximum absolute atomic E-state index is 15.4. The van der Waals surface area contributed by atoms with Gasteiger partial charge in [0.15, 0.2) is 16.7 Å². The zero-order valence-electron chi connectivity index (χ0n) is 39.0. The first-order valence-corrected chi connectivity index (χ1v) is 23.2. The van der Waals surface area contributed by atoms with Gasteiger partial charge in [0, 0.05) is 38.6 Å². The van der Waals surface area contributed by atoms with Gasteiger partial charge in [0.25, 0.3) is 11.8 Å². The minimum atomic E-state index is -5.26. The fourth-order valence-electron chi connectivity index (χ4n) is 7.89. The van der Waals surface area contributed by atoms with Gasteiger partial charge < -0.3 is 39.8 Å². The predicted molar refractivity (Wildman–Crippen MR) is 250 cm³/mol. The van der Waals surface area contributed by atoms with Crippen LogP contribution in [0.25, 0.3) is 10.4 Å². The molecule has 2 aromatic heterocycles. The molecule has 0 aliphatic carbocycles. The number of hydrogen-bond acceptors (Lipinski definition) is 13. The summed E-state index contributed by atoms with van der Waals surface area (Å²) in [5.41, 5.74) is -1.59. The summed E-state index contributed by atoms with van der Waals surface area (Å²) in [6.07, 6.45) is -4.75. The van der Waals surface area contributed by atoms with Crippen molar-refractivity contribution in [1.29, 1.82) is 5.26 Å². The van der Waals surface area contributed by atoms with Crippen LogP contribution in [0.1, 0.15) is 69.8 Å². The van der Waals surface area contributed by atoms with Gasteiger partial charge in [-0.2, -0.15) is 18.4 Å². The van der Waals surface area contributed by atoms with E-state index in [0.717, 1.165) is 51.0 Å². The third-order valence-corrected chi connectivity index (χ3v) is 12.8. The van der Waals surface area contributed by atoms with E-state index in [9.17, 15) is 37.5 Å². The number of aliphatic hydroxyl groups excluding tert-OH is 1. The molecule has 0 unspecified atom stereocenters. The number of aryl methyl sites for hydroxylation is 1.